The SMILES string of the molecule is CCCCOc1cc(CCC(=O)O)ccc1CCC(C)c1ccc(OCC)c(OC)c1. The average Bonchev–Trinajstić information content (AvgIpc) is 2.77. The zero-order valence-corrected chi connectivity index (χ0v) is 19.3. The van der Waals surface area contributed by atoms with E-state index in [1.807, 2.05) is 25.1 Å². The lowest BCUT2D eigenvalue weighted by molar-refractivity contribution is -0.136. The largest absolute Gasteiger partial charge is 0.493 e. The van der Waals surface area contributed by atoms with Gasteiger partial charge in [-0.05, 0) is 73.4 Å². The molecule has 0 aliphatic carbocycles. The lowest BCUT2D eigenvalue weighted by Gasteiger charge is -2.17. The standard InChI is InChI=1S/C26H36O5/c1-5-7-16-31-24-17-20(10-15-26(27)28)9-12-21(24)11-8-19(3)22-13-14-23(30-6-2)25(18-22)29-4/h9,12-14,17-19H,5-8,10-11,15-16H2,1-4H3,(H,27,28). The van der Waals surface area contributed by atoms with Crippen molar-refractivity contribution in [1.82, 2.24) is 0 Å². The molecule has 1 N–H and O–H groups in total. The van der Waals surface area contributed by atoms with Gasteiger partial charge in [-0.3, -0.25) is 4.79 Å². The number of carboxylic acids is 1. The second-order valence-corrected chi connectivity index (χ2v) is 7.82. The van der Waals surface area contributed by atoms with Gasteiger partial charge in [0.1, 0.15) is 5.75 Å². The first-order chi connectivity index (χ1) is 15.0. The van der Waals surface area contributed by atoms with Crippen LogP contribution in [0, 0.1) is 0 Å². The summed E-state index contributed by atoms with van der Waals surface area (Å²) in [5.41, 5.74) is 3.38. The average molecular weight is 429 g/mol. The zero-order chi connectivity index (χ0) is 22.6. The Morgan fingerprint density at radius 2 is 1.81 bits per heavy atom. The van der Waals surface area contributed by atoms with Crippen LogP contribution in [0.1, 0.15) is 69.1 Å². The summed E-state index contributed by atoms with van der Waals surface area (Å²) in [5, 5.41) is 8.96. The lowest BCUT2D eigenvalue weighted by atomic mass is 9.93. The molecule has 5 nitrogen and oxygen atoms in total. The Hall–Kier alpha value is -2.69. The van der Waals surface area contributed by atoms with E-state index in [9.17, 15) is 4.79 Å². The molecule has 0 aliphatic rings. The van der Waals surface area contributed by atoms with E-state index in [-0.39, 0.29) is 6.42 Å². The smallest absolute Gasteiger partial charge is 0.303 e. The van der Waals surface area contributed by atoms with Gasteiger partial charge in [0.2, 0.25) is 0 Å². The number of benzene rings is 2. The minimum Gasteiger partial charge on any atom is -0.493 e. The van der Waals surface area contributed by atoms with Crippen LogP contribution >= 0.6 is 0 Å². The predicted molar refractivity (Wildman–Crippen MR) is 124 cm³/mol. The van der Waals surface area contributed by atoms with Crippen molar-refractivity contribution in [3.05, 3.63) is 53.1 Å². The van der Waals surface area contributed by atoms with Crippen LogP contribution in [0.25, 0.3) is 0 Å². The Bertz CT molecular complexity index is 831. The maximum Gasteiger partial charge on any atom is 0.303 e. The van der Waals surface area contributed by atoms with Crippen LogP contribution in [-0.2, 0) is 17.6 Å². The lowest BCUT2D eigenvalue weighted by Crippen LogP contribution is -2.04. The molecule has 5 heteroatoms. The van der Waals surface area contributed by atoms with Crippen LogP contribution in [0.3, 0.4) is 0 Å². The van der Waals surface area contributed by atoms with Crippen LogP contribution < -0.4 is 14.2 Å². The van der Waals surface area contributed by atoms with Gasteiger partial charge >= 0.3 is 5.97 Å². The highest BCUT2D eigenvalue weighted by atomic mass is 16.5. The summed E-state index contributed by atoms with van der Waals surface area (Å²) >= 11 is 0. The van der Waals surface area contributed by atoms with Crippen LogP contribution in [0.2, 0.25) is 0 Å². The van der Waals surface area contributed by atoms with Crippen LogP contribution in [0.5, 0.6) is 17.2 Å². The Balaban J connectivity index is 2.10. The molecule has 0 saturated heterocycles. The molecule has 31 heavy (non-hydrogen) atoms. The molecule has 0 fully saturated rings. The number of unbranched alkanes of at least 4 members (excludes halogenated alkanes) is 1. The number of aryl methyl sites for hydroxylation is 2. The Kier molecular flexibility index (Phi) is 10.2. The molecule has 0 aliphatic heterocycles. The minimum atomic E-state index is -0.780. The van der Waals surface area contributed by atoms with Crippen molar-refractivity contribution in [3.8, 4) is 17.2 Å². The monoisotopic (exact) mass is 428 g/mol. The van der Waals surface area contributed by atoms with E-state index in [2.05, 4.69) is 32.0 Å². The Labute approximate surface area is 186 Å². The number of rotatable bonds is 14. The highest BCUT2D eigenvalue weighted by Gasteiger charge is 2.13. The van der Waals surface area contributed by atoms with Gasteiger partial charge in [0.15, 0.2) is 11.5 Å². The molecule has 1 unspecified atom stereocenters. The van der Waals surface area contributed by atoms with Crippen LogP contribution in [0.4, 0.5) is 0 Å². The molecular weight excluding hydrogens is 392 g/mol. The molecule has 0 amide bonds. The maximum absolute atomic E-state index is 10.9. The number of methoxy groups -OCH3 is 1. The van der Waals surface area contributed by atoms with Crippen molar-refractivity contribution in [3.63, 3.8) is 0 Å². The van der Waals surface area contributed by atoms with Gasteiger partial charge in [0, 0.05) is 6.42 Å². The molecule has 170 valence electrons. The summed E-state index contributed by atoms with van der Waals surface area (Å²) in [7, 11) is 1.66. The first-order valence-electron chi connectivity index (χ1n) is 11.3. The predicted octanol–water partition coefficient (Wildman–Crippen LogP) is 6.03. The number of carbonyl (C=O) groups is 1. The molecule has 0 heterocycles. The van der Waals surface area contributed by atoms with Gasteiger partial charge < -0.3 is 19.3 Å². The van der Waals surface area contributed by atoms with Crippen molar-refractivity contribution in [2.45, 2.75) is 65.2 Å². The molecular formula is C26H36O5. The Morgan fingerprint density at radius 1 is 1.00 bits per heavy atom. The zero-order valence-electron chi connectivity index (χ0n) is 19.3. The fourth-order valence-electron chi connectivity index (χ4n) is 3.48. The van der Waals surface area contributed by atoms with Crippen LogP contribution in [0.15, 0.2) is 36.4 Å². The van der Waals surface area contributed by atoms with Crippen molar-refractivity contribution < 1.29 is 24.1 Å². The van der Waals surface area contributed by atoms with Crippen molar-refractivity contribution in [2.24, 2.45) is 0 Å². The molecule has 2 aromatic rings. The van der Waals surface area contributed by atoms with E-state index >= 15 is 0 Å². The van der Waals surface area contributed by atoms with E-state index < -0.39 is 5.97 Å². The third kappa shape index (κ3) is 7.82. The van der Waals surface area contributed by atoms with E-state index in [4.69, 9.17) is 19.3 Å². The van der Waals surface area contributed by atoms with Crippen LogP contribution in [-0.4, -0.2) is 31.4 Å². The summed E-state index contributed by atoms with van der Waals surface area (Å²) in [6.07, 6.45) is 4.57. The highest BCUT2D eigenvalue weighted by Crippen LogP contribution is 2.33. The summed E-state index contributed by atoms with van der Waals surface area (Å²) in [6.45, 7) is 7.60. The normalized spacial score (nSPS) is 11.7. The number of carboxylic acid groups (broad SMARTS) is 1. The Morgan fingerprint density at radius 3 is 2.48 bits per heavy atom. The first-order valence-corrected chi connectivity index (χ1v) is 11.3. The molecule has 0 radical (unpaired) electrons. The second kappa shape index (κ2) is 12.9. The van der Waals surface area contributed by atoms with Gasteiger partial charge in [-0.15, -0.1) is 0 Å². The molecule has 0 saturated carbocycles. The summed E-state index contributed by atoms with van der Waals surface area (Å²) in [4.78, 5) is 10.9. The number of ether oxygens (including phenoxy) is 3. The fourth-order valence-corrected chi connectivity index (χ4v) is 3.48. The maximum atomic E-state index is 10.9. The third-order valence-electron chi connectivity index (χ3n) is 5.42. The molecule has 0 bridgehead atoms. The van der Waals surface area contributed by atoms with E-state index in [0.717, 1.165) is 48.5 Å². The number of hydrogen-bond acceptors (Lipinski definition) is 4. The topological polar surface area (TPSA) is 65.0 Å². The van der Waals surface area contributed by atoms with Gasteiger partial charge in [0.05, 0.1) is 20.3 Å². The van der Waals surface area contributed by atoms with Gasteiger partial charge in [-0.25, -0.2) is 0 Å². The summed E-state index contributed by atoms with van der Waals surface area (Å²) in [5.74, 6) is 1.98. The van der Waals surface area contributed by atoms with Crippen molar-refractivity contribution in [2.75, 3.05) is 20.3 Å². The van der Waals surface area contributed by atoms with Crippen molar-refractivity contribution >= 4 is 5.97 Å². The third-order valence-corrected chi connectivity index (χ3v) is 5.42. The van der Waals surface area contributed by atoms with Gasteiger partial charge in [-0.1, -0.05) is 38.5 Å². The van der Waals surface area contributed by atoms with E-state index in [1.165, 1.54) is 11.1 Å². The molecule has 0 aromatic heterocycles. The second-order valence-electron chi connectivity index (χ2n) is 7.82. The molecule has 1 atom stereocenters. The molecule has 0 spiro atoms. The molecule has 2 rings (SSSR count). The quantitative estimate of drug-likeness (QED) is 0.372. The number of aliphatic carboxylic acids is 1. The van der Waals surface area contributed by atoms with E-state index in [0.29, 0.717) is 25.6 Å². The van der Waals surface area contributed by atoms with E-state index in [1.54, 1.807) is 7.11 Å². The fraction of sp³-hybridized carbons (Fsp3) is 0.500. The first kappa shape index (κ1) is 24.6. The summed E-state index contributed by atoms with van der Waals surface area (Å²) < 4.78 is 17.2. The summed E-state index contributed by atoms with van der Waals surface area (Å²) in [6, 6.07) is 12.3. The molecule has 2 aromatic carbocycles. The van der Waals surface area contributed by atoms with Gasteiger partial charge in [0.25, 0.3) is 0 Å². The highest BCUT2D eigenvalue weighted by molar-refractivity contribution is 5.67. The minimum absolute atomic E-state index is 0.129. The van der Waals surface area contributed by atoms with Gasteiger partial charge in [-0.2, -0.15) is 0 Å². The van der Waals surface area contributed by atoms with Crippen molar-refractivity contribution in [1.29, 1.82) is 0 Å². The number of hydrogen-bond donors (Lipinski definition) is 1.